The van der Waals surface area contributed by atoms with E-state index in [-0.39, 0.29) is 30.0 Å². The summed E-state index contributed by atoms with van der Waals surface area (Å²) in [5.41, 5.74) is -1.18. The number of nitrogens with one attached hydrogen (secondary N) is 1. The molecule has 1 atom stereocenters. The molecule has 1 unspecified atom stereocenters. The van der Waals surface area contributed by atoms with Gasteiger partial charge < -0.3 is 10.4 Å². The average Bonchev–Trinajstić information content (AvgIpc) is 2.95. The molecule has 1 aliphatic carbocycles. The molecule has 2 aromatic rings. The van der Waals surface area contributed by atoms with E-state index >= 15 is 0 Å². The Labute approximate surface area is 145 Å². The maximum Gasteiger partial charge on any atom is 0.416 e. The van der Waals surface area contributed by atoms with E-state index in [9.17, 15) is 31.4 Å². The van der Waals surface area contributed by atoms with Crippen LogP contribution in [0.25, 0.3) is 0 Å². The summed E-state index contributed by atoms with van der Waals surface area (Å²) in [4.78, 5) is 0. The van der Waals surface area contributed by atoms with E-state index in [0.29, 0.717) is 12.8 Å². The topological polar surface area (TPSA) is 32.3 Å². The van der Waals surface area contributed by atoms with Crippen LogP contribution in [-0.2, 0) is 25.3 Å². The SMILES string of the molecule is Oc1cccc2c1CCC2NCc1cc(C(F)(F)F)cc(C(F)(F)F)c1. The highest BCUT2D eigenvalue weighted by molar-refractivity contribution is 5.44. The van der Waals surface area contributed by atoms with Gasteiger partial charge in [0.2, 0.25) is 0 Å². The normalized spacial score (nSPS) is 17.4. The predicted octanol–water partition coefficient (Wildman–Crippen LogP) is 5.21. The molecule has 0 spiro atoms. The number of phenols is 1. The lowest BCUT2D eigenvalue weighted by Crippen LogP contribution is -2.20. The van der Waals surface area contributed by atoms with Crippen LogP contribution in [0.5, 0.6) is 5.75 Å². The maximum atomic E-state index is 12.9. The van der Waals surface area contributed by atoms with Crippen LogP contribution in [0.3, 0.4) is 0 Å². The summed E-state index contributed by atoms with van der Waals surface area (Å²) in [6, 6.07) is 6.31. The largest absolute Gasteiger partial charge is 0.508 e. The Morgan fingerprint density at radius 1 is 0.962 bits per heavy atom. The molecule has 2 N–H and O–H groups in total. The molecule has 0 bridgehead atoms. The van der Waals surface area contributed by atoms with Crippen LogP contribution in [0.1, 0.15) is 40.3 Å². The molecule has 140 valence electrons. The van der Waals surface area contributed by atoms with Crippen molar-refractivity contribution in [1.29, 1.82) is 0 Å². The van der Waals surface area contributed by atoms with E-state index < -0.39 is 23.5 Å². The van der Waals surface area contributed by atoms with Gasteiger partial charge in [-0.2, -0.15) is 26.3 Å². The molecule has 3 rings (SSSR count). The second-order valence-electron chi connectivity index (χ2n) is 6.23. The Hall–Kier alpha value is -2.22. The quantitative estimate of drug-likeness (QED) is 0.722. The summed E-state index contributed by atoms with van der Waals surface area (Å²) in [5.74, 6) is 0.144. The minimum Gasteiger partial charge on any atom is -0.508 e. The standard InChI is InChI=1S/C18H15F6NO/c19-17(20,21)11-6-10(7-12(8-11)18(22,23)24)9-25-15-5-4-14-13(15)2-1-3-16(14)26/h1-3,6-8,15,25-26H,4-5,9H2. The fraction of sp³-hybridized carbons (Fsp3) is 0.333. The van der Waals surface area contributed by atoms with Crippen molar-refractivity contribution in [3.63, 3.8) is 0 Å². The number of hydrogen-bond donors (Lipinski definition) is 2. The molecule has 0 amide bonds. The van der Waals surface area contributed by atoms with Crippen LogP contribution < -0.4 is 5.32 Å². The molecule has 0 fully saturated rings. The highest BCUT2D eigenvalue weighted by Gasteiger charge is 2.37. The first kappa shape index (κ1) is 18.6. The summed E-state index contributed by atoms with van der Waals surface area (Å²) >= 11 is 0. The minimum atomic E-state index is -4.86. The lowest BCUT2D eigenvalue weighted by molar-refractivity contribution is -0.143. The molecule has 2 nitrogen and oxygen atoms in total. The summed E-state index contributed by atoms with van der Waals surface area (Å²) in [6.07, 6.45) is -8.52. The number of phenolic OH excluding ortho intramolecular Hbond substituents is 1. The van der Waals surface area contributed by atoms with Gasteiger partial charge in [-0.15, -0.1) is 0 Å². The first-order valence-corrected chi connectivity index (χ1v) is 7.88. The molecule has 0 radical (unpaired) electrons. The summed E-state index contributed by atoms with van der Waals surface area (Å²) < 4.78 is 77.4. The summed E-state index contributed by atoms with van der Waals surface area (Å²) in [5, 5.41) is 12.8. The fourth-order valence-electron chi connectivity index (χ4n) is 3.21. The Morgan fingerprint density at radius 2 is 1.58 bits per heavy atom. The monoisotopic (exact) mass is 375 g/mol. The van der Waals surface area contributed by atoms with Gasteiger partial charge in [0.15, 0.2) is 0 Å². The zero-order valence-corrected chi connectivity index (χ0v) is 13.4. The average molecular weight is 375 g/mol. The Bertz CT molecular complexity index is 780. The molecular formula is C18H15F6NO. The molecule has 2 aromatic carbocycles. The summed E-state index contributed by atoms with van der Waals surface area (Å²) in [6.45, 7) is -0.146. The van der Waals surface area contributed by atoms with Gasteiger partial charge in [0, 0.05) is 12.6 Å². The van der Waals surface area contributed by atoms with E-state index in [2.05, 4.69) is 5.32 Å². The number of rotatable bonds is 3. The van der Waals surface area contributed by atoms with Gasteiger partial charge in [-0.25, -0.2) is 0 Å². The van der Waals surface area contributed by atoms with Crippen molar-refractivity contribution in [2.45, 2.75) is 37.8 Å². The Balaban J connectivity index is 1.84. The lowest BCUT2D eigenvalue weighted by Gasteiger charge is -2.17. The predicted molar refractivity (Wildman–Crippen MR) is 82.5 cm³/mol. The molecule has 8 heteroatoms. The second-order valence-corrected chi connectivity index (χ2v) is 6.23. The van der Waals surface area contributed by atoms with Crippen molar-refractivity contribution in [1.82, 2.24) is 5.32 Å². The summed E-state index contributed by atoms with van der Waals surface area (Å²) in [7, 11) is 0. The van der Waals surface area contributed by atoms with Crippen molar-refractivity contribution in [3.05, 3.63) is 64.2 Å². The van der Waals surface area contributed by atoms with Gasteiger partial charge in [0.25, 0.3) is 0 Å². The first-order chi connectivity index (χ1) is 12.1. The third kappa shape index (κ3) is 3.80. The Morgan fingerprint density at radius 3 is 2.15 bits per heavy atom. The van der Waals surface area contributed by atoms with Crippen LogP contribution in [0.15, 0.2) is 36.4 Å². The minimum absolute atomic E-state index is 0.0965. The van der Waals surface area contributed by atoms with Gasteiger partial charge in [0.1, 0.15) is 5.75 Å². The van der Waals surface area contributed by atoms with Gasteiger partial charge in [-0.3, -0.25) is 0 Å². The van der Waals surface area contributed by atoms with Gasteiger partial charge >= 0.3 is 12.4 Å². The number of alkyl halides is 6. The van der Waals surface area contributed by atoms with Crippen LogP contribution in [0.2, 0.25) is 0 Å². The molecule has 0 aliphatic heterocycles. The van der Waals surface area contributed by atoms with Gasteiger partial charge in [-0.1, -0.05) is 12.1 Å². The molecule has 0 saturated heterocycles. The van der Waals surface area contributed by atoms with Crippen molar-refractivity contribution in [2.75, 3.05) is 0 Å². The maximum absolute atomic E-state index is 12.9. The van der Waals surface area contributed by atoms with E-state index in [1.54, 1.807) is 18.2 Å². The van der Waals surface area contributed by atoms with E-state index in [4.69, 9.17) is 0 Å². The van der Waals surface area contributed by atoms with E-state index in [1.165, 1.54) is 0 Å². The van der Waals surface area contributed by atoms with Crippen molar-refractivity contribution < 1.29 is 31.4 Å². The number of hydrogen-bond acceptors (Lipinski definition) is 2. The highest BCUT2D eigenvalue weighted by atomic mass is 19.4. The van der Waals surface area contributed by atoms with Crippen molar-refractivity contribution in [2.24, 2.45) is 0 Å². The lowest BCUT2D eigenvalue weighted by atomic mass is 10.0. The molecule has 0 saturated carbocycles. The zero-order valence-electron chi connectivity index (χ0n) is 13.4. The molecule has 0 heterocycles. The van der Waals surface area contributed by atoms with E-state index in [0.717, 1.165) is 23.3 Å². The van der Waals surface area contributed by atoms with Crippen molar-refractivity contribution >= 4 is 0 Å². The molecule has 26 heavy (non-hydrogen) atoms. The van der Waals surface area contributed by atoms with Gasteiger partial charge in [0.05, 0.1) is 11.1 Å². The number of halogens is 6. The molecule has 0 aromatic heterocycles. The molecule has 1 aliphatic rings. The smallest absolute Gasteiger partial charge is 0.416 e. The third-order valence-electron chi connectivity index (χ3n) is 4.45. The highest BCUT2D eigenvalue weighted by Crippen LogP contribution is 2.38. The van der Waals surface area contributed by atoms with Gasteiger partial charge in [-0.05, 0) is 53.8 Å². The van der Waals surface area contributed by atoms with Crippen molar-refractivity contribution in [3.8, 4) is 5.75 Å². The Kier molecular flexibility index (Phi) is 4.64. The van der Waals surface area contributed by atoms with Crippen LogP contribution in [0.4, 0.5) is 26.3 Å². The fourth-order valence-corrected chi connectivity index (χ4v) is 3.21. The number of benzene rings is 2. The van der Waals surface area contributed by atoms with Crippen LogP contribution >= 0.6 is 0 Å². The van der Waals surface area contributed by atoms with E-state index in [1.807, 2.05) is 0 Å². The third-order valence-corrected chi connectivity index (χ3v) is 4.45. The number of fused-ring (bicyclic) bond motifs is 1. The zero-order chi connectivity index (χ0) is 19.1. The molecular weight excluding hydrogens is 360 g/mol. The first-order valence-electron chi connectivity index (χ1n) is 7.88. The van der Waals surface area contributed by atoms with Crippen LogP contribution in [-0.4, -0.2) is 5.11 Å². The second kappa shape index (κ2) is 6.50. The van der Waals surface area contributed by atoms with Crippen LogP contribution in [0, 0.1) is 0 Å². The number of aromatic hydroxyl groups is 1.